The maximum atomic E-state index is 13.9. The molecule has 2 aromatic carbocycles. The highest BCUT2D eigenvalue weighted by Gasteiger charge is 2.23. The van der Waals surface area contributed by atoms with E-state index in [1.54, 1.807) is 0 Å². The molecule has 0 aliphatic carbocycles. The summed E-state index contributed by atoms with van der Waals surface area (Å²) >= 11 is 0. The van der Waals surface area contributed by atoms with Gasteiger partial charge in [-0.1, -0.05) is 0 Å². The van der Waals surface area contributed by atoms with Crippen molar-refractivity contribution in [3.63, 3.8) is 0 Å². The number of rotatable bonds is 5. The summed E-state index contributed by atoms with van der Waals surface area (Å²) < 4.78 is 57.3. The van der Waals surface area contributed by atoms with Crippen molar-refractivity contribution in [2.45, 2.75) is 4.90 Å². The van der Waals surface area contributed by atoms with Gasteiger partial charge in [0.2, 0.25) is 10.0 Å². The Hall–Kier alpha value is -2.52. The molecule has 1 amide bonds. The fourth-order valence-electron chi connectivity index (χ4n) is 1.99. The Bertz CT molecular complexity index is 914. The summed E-state index contributed by atoms with van der Waals surface area (Å²) in [6, 6.07) is 6.76. The molecular weight excluding hydrogens is 354 g/mol. The predicted molar refractivity (Wildman–Crippen MR) is 88.2 cm³/mol. The van der Waals surface area contributed by atoms with E-state index in [1.807, 2.05) is 0 Å². The van der Waals surface area contributed by atoms with Crippen molar-refractivity contribution in [2.75, 3.05) is 26.5 Å². The topological polar surface area (TPSA) is 75.7 Å². The summed E-state index contributed by atoms with van der Waals surface area (Å²) in [5, 5.41) is 2.41. The van der Waals surface area contributed by atoms with E-state index in [-0.39, 0.29) is 17.0 Å². The van der Waals surface area contributed by atoms with Crippen LogP contribution in [0.2, 0.25) is 0 Å². The van der Waals surface area contributed by atoms with Crippen molar-refractivity contribution in [2.24, 2.45) is 0 Å². The van der Waals surface area contributed by atoms with Crippen molar-refractivity contribution in [1.29, 1.82) is 0 Å². The van der Waals surface area contributed by atoms with Gasteiger partial charge in [-0.05, 0) is 30.3 Å². The lowest BCUT2D eigenvalue weighted by atomic mass is 10.2. The number of benzene rings is 2. The second-order valence-corrected chi connectivity index (χ2v) is 7.36. The Morgan fingerprint density at radius 3 is 2.32 bits per heavy atom. The lowest BCUT2D eigenvalue weighted by Gasteiger charge is -2.13. The normalized spacial score (nSPS) is 11.4. The lowest BCUT2D eigenvalue weighted by molar-refractivity contribution is 0.102. The van der Waals surface area contributed by atoms with E-state index in [9.17, 15) is 22.0 Å². The number of anilines is 1. The van der Waals surface area contributed by atoms with Crippen LogP contribution in [0.1, 0.15) is 10.4 Å². The number of nitrogens with zero attached hydrogens (tertiary/aromatic N) is 1. The van der Waals surface area contributed by atoms with Crippen LogP contribution in [0.3, 0.4) is 0 Å². The quantitative estimate of drug-likeness (QED) is 0.877. The number of carbonyl (C=O) groups excluding carboxylic acids is 1. The molecule has 2 aromatic rings. The number of nitrogens with one attached hydrogen (secondary N) is 1. The number of sulfonamides is 1. The van der Waals surface area contributed by atoms with Crippen molar-refractivity contribution in [1.82, 2.24) is 4.31 Å². The summed E-state index contributed by atoms with van der Waals surface area (Å²) in [7, 11) is -0.240. The molecule has 1 N–H and O–H groups in total. The van der Waals surface area contributed by atoms with E-state index in [0.29, 0.717) is 0 Å². The first-order valence-electron chi connectivity index (χ1n) is 7.03. The first-order valence-corrected chi connectivity index (χ1v) is 8.48. The molecule has 25 heavy (non-hydrogen) atoms. The van der Waals surface area contributed by atoms with Gasteiger partial charge >= 0.3 is 0 Å². The fourth-order valence-corrected chi connectivity index (χ4v) is 2.97. The smallest absolute Gasteiger partial charge is 0.255 e. The van der Waals surface area contributed by atoms with Crippen molar-refractivity contribution >= 4 is 21.6 Å². The van der Waals surface area contributed by atoms with Crippen LogP contribution >= 0.6 is 0 Å². The number of amides is 1. The SMILES string of the molecule is COc1ccc(NC(=O)c2ccc(F)c(S(=O)(=O)N(C)C)c2)cc1F. The van der Waals surface area contributed by atoms with Crippen LogP contribution in [0.5, 0.6) is 5.75 Å². The molecule has 0 atom stereocenters. The van der Waals surface area contributed by atoms with Gasteiger partial charge in [-0.2, -0.15) is 0 Å². The Morgan fingerprint density at radius 1 is 1.08 bits per heavy atom. The number of hydrogen-bond donors (Lipinski definition) is 1. The number of hydrogen-bond acceptors (Lipinski definition) is 4. The Morgan fingerprint density at radius 2 is 1.76 bits per heavy atom. The molecule has 0 aromatic heterocycles. The van der Waals surface area contributed by atoms with Crippen molar-refractivity contribution < 1.29 is 26.7 Å². The minimum absolute atomic E-state index is 0.0131. The number of methoxy groups -OCH3 is 1. The molecule has 0 heterocycles. The Labute approximate surface area is 144 Å². The maximum absolute atomic E-state index is 13.9. The number of ether oxygens (including phenoxy) is 1. The van der Waals surface area contributed by atoms with Gasteiger partial charge in [0.05, 0.1) is 7.11 Å². The van der Waals surface area contributed by atoms with Crippen LogP contribution in [-0.2, 0) is 10.0 Å². The van der Waals surface area contributed by atoms with E-state index < -0.39 is 32.5 Å². The van der Waals surface area contributed by atoms with Crippen LogP contribution in [0.15, 0.2) is 41.3 Å². The highest BCUT2D eigenvalue weighted by molar-refractivity contribution is 7.89. The molecule has 2 rings (SSSR count). The van der Waals surface area contributed by atoms with E-state index >= 15 is 0 Å². The number of halogens is 2. The van der Waals surface area contributed by atoms with E-state index in [4.69, 9.17) is 4.74 Å². The van der Waals surface area contributed by atoms with Gasteiger partial charge < -0.3 is 10.1 Å². The summed E-state index contributed by atoms with van der Waals surface area (Å²) in [4.78, 5) is 11.6. The second kappa shape index (κ2) is 7.16. The molecular formula is C16H16F2N2O4S. The first-order chi connectivity index (χ1) is 11.7. The van der Waals surface area contributed by atoms with Gasteiger partial charge in [0.15, 0.2) is 11.6 Å². The van der Waals surface area contributed by atoms with Crippen LogP contribution in [0.4, 0.5) is 14.5 Å². The van der Waals surface area contributed by atoms with Crippen LogP contribution in [0, 0.1) is 11.6 Å². The Balaban J connectivity index is 2.33. The van der Waals surface area contributed by atoms with Gasteiger partial charge in [0, 0.05) is 31.4 Å². The summed E-state index contributed by atoms with van der Waals surface area (Å²) in [5.74, 6) is -2.34. The zero-order chi connectivity index (χ0) is 18.8. The van der Waals surface area contributed by atoms with E-state index in [0.717, 1.165) is 28.6 Å². The van der Waals surface area contributed by atoms with Gasteiger partial charge in [-0.3, -0.25) is 4.79 Å². The molecule has 0 fully saturated rings. The van der Waals surface area contributed by atoms with Gasteiger partial charge in [-0.25, -0.2) is 21.5 Å². The molecule has 0 spiro atoms. The van der Waals surface area contributed by atoms with Crippen LogP contribution in [-0.4, -0.2) is 39.8 Å². The van der Waals surface area contributed by atoms with Crippen LogP contribution in [0.25, 0.3) is 0 Å². The second-order valence-electron chi connectivity index (χ2n) is 5.24. The molecule has 0 radical (unpaired) electrons. The van der Waals surface area contributed by atoms with E-state index in [1.165, 1.54) is 33.3 Å². The maximum Gasteiger partial charge on any atom is 0.255 e. The minimum Gasteiger partial charge on any atom is -0.494 e. The average molecular weight is 370 g/mol. The third-order valence-electron chi connectivity index (χ3n) is 3.36. The Kier molecular flexibility index (Phi) is 5.39. The zero-order valence-corrected chi connectivity index (χ0v) is 14.5. The van der Waals surface area contributed by atoms with Crippen LogP contribution < -0.4 is 10.1 Å². The highest BCUT2D eigenvalue weighted by atomic mass is 32.2. The van der Waals surface area contributed by atoms with Gasteiger partial charge in [0.1, 0.15) is 10.7 Å². The summed E-state index contributed by atoms with van der Waals surface area (Å²) in [5.41, 5.74) is 0.0580. The van der Waals surface area contributed by atoms with E-state index in [2.05, 4.69) is 5.32 Å². The highest BCUT2D eigenvalue weighted by Crippen LogP contribution is 2.23. The average Bonchev–Trinajstić information content (AvgIpc) is 2.55. The molecule has 6 nitrogen and oxygen atoms in total. The van der Waals surface area contributed by atoms with Gasteiger partial charge in [0.25, 0.3) is 5.91 Å². The molecule has 134 valence electrons. The standard InChI is InChI=1S/C16H16F2N2O4S/c1-20(2)25(22,23)15-8-10(4-6-12(15)17)16(21)19-11-5-7-14(24-3)13(18)9-11/h4-9H,1-3H3,(H,19,21). The lowest BCUT2D eigenvalue weighted by Crippen LogP contribution is -2.24. The molecule has 0 bridgehead atoms. The summed E-state index contributed by atoms with van der Waals surface area (Å²) in [6.07, 6.45) is 0. The monoisotopic (exact) mass is 370 g/mol. The largest absolute Gasteiger partial charge is 0.494 e. The third kappa shape index (κ3) is 3.94. The molecule has 0 saturated heterocycles. The fraction of sp³-hybridized carbons (Fsp3) is 0.188. The predicted octanol–water partition coefficient (Wildman–Crippen LogP) is 2.48. The van der Waals surface area contributed by atoms with Crippen molar-refractivity contribution in [3.8, 4) is 5.75 Å². The molecule has 0 aliphatic heterocycles. The molecule has 0 unspecified atom stereocenters. The molecule has 0 aliphatic rings. The van der Waals surface area contributed by atoms with Crippen molar-refractivity contribution in [3.05, 3.63) is 53.6 Å². The van der Waals surface area contributed by atoms with Gasteiger partial charge in [-0.15, -0.1) is 0 Å². The minimum atomic E-state index is -4.05. The molecule has 0 saturated carbocycles. The third-order valence-corrected chi connectivity index (χ3v) is 5.19. The number of carbonyl (C=O) groups is 1. The summed E-state index contributed by atoms with van der Waals surface area (Å²) in [6.45, 7) is 0. The molecule has 9 heteroatoms. The zero-order valence-electron chi connectivity index (χ0n) is 13.7. The first kappa shape index (κ1) is 18.8.